The van der Waals surface area contributed by atoms with E-state index in [1.54, 1.807) is 53.5 Å². The molecule has 8 heteroatoms. The first-order valence-corrected chi connectivity index (χ1v) is 7.34. The quantitative estimate of drug-likeness (QED) is 0.712. The summed E-state index contributed by atoms with van der Waals surface area (Å²) in [5.74, 6) is -0.498. The molecule has 1 aromatic carbocycles. The fourth-order valence-corrected chi connectivity index (χ4v) is 2.08. The molecule has 0 saturated carbocycles. The molecule has 2 N–H and O–H groups in total. The van der Waals surface area contributed by atoms with Crippen molar-refractivity contribution < 1.29 is 19.4 Å². The molecule has 2 heterocycles. The fraction of sp³-hybridized carbons (Fsp3) is 0.0588. The van der Waals surface area contributed by atoms with Gasteiger partial charge < -0.3 is 15.2 Å². The molecule has 0 aliphatic heterocycles. The van der Waals surface area contributed by atoms with Crippen LogP contribution in [-0.2, 0) is 4.79 Å². The van der Waals surface area contributed by atoms with Crippen molar-refractivity contribution in [3.8, 4) is 11.6 Å². The second-order valence-corrected chi connectivity index (χ2v) is 5.02. The van der Waals surface area contributed by atoms with E-state index in [1.807, 2.05) is 0 Å². The second kappa shape index (κ2) is 7.26. The lowest BCUT2D eigenvalue weighted by Crippen LogP contribution is -2.13. The van der Waals surface area contributed by atoms with Gasteiger partial charge >= 0.3 is 5.97 Å². The Morgan fingerprint density at radius 1 is 1.20 bits per heavy atom. The maximum atomic E-state index is 12.3. The van der Waals surface area contributed by atoms with E-state index in [0.717, 1.165) is 0 Å². The Balaban J connectivity index is 1.67. The SMILES string of the molecule is O=C(O)COc1cccc(C(=O)Nc2ccc(-n3cccn3)nc2)c1. The van der Waals surface area contributed by atoms with Crippen molar-refractivity contribution in [2.45, 2.75) is 0 Å². The molecule has 0 atom stereocenters. The highest BCUT2D eigenvalue weighted by atomic mass is 16.5. The number of aromatic nitrogens is 3. The molecular formula is C17H14N4O4. The Morgan fingerprint density at radius 3 is 2.76 bits per heavy atom. The van der Waals surface area contributed by atoms with Crippen LogP contribution in [0.3, 0.4) is 0 Å². The molecule has 0 bridgehead atoms. The van der Waals surface area contributed by atoms with Crippen molar-refractivity contribution in [3.05, 3.63) is 66.6 Å². The molecule has 25 heavy (non-hydrogen) atoms. The Hall–Kier alpha value is -3.68. The third-order valence-electron chi connectivity index (χ3n) is 3.20. The van der Waals surface area contributed by atoms with Crippen LogP contribution in [-0.4, -0.2) is 38.4 Å². The number of carbonyl (C=O) groups is 2. The summed E-state index contributed by atoms with van der Waals surface area (Å²) in [6.45, 7) is -0.468. The lowest BCUT2D eigenvalue weighted by atomic mass is 10.2. The number of nitrogens with one attached hydrogen (secondary N) is 1. The molecule has 2 aromatic heterocycles. The molecule has 0 radical (unpaired) electrons. The monoisotopic (exact) mass is 338 g/mol. The van der Waals surface area contributed by atoms with Crippen LogP contribution in [0.1, 0.15) is 10.4 Å². The van der Waals surface area contributed by atoms with Crippen LogP contribution < -0.4 is 10.1 Å². The fourth-order valence-electron chi connectivity index (χ4n) is 2.08. The van der Waals surface area contributed by atoms with Gasteiger partial charge in [-0.15, -0.1) is 0 Å². The van der Waals surface area contributed by atoms with Crippen molar-refractivity contribution >= 4 is 17.6 Å². The number of hydrogen-bond acceptors (Lipinski definition) is 5. The Bertz CT molecular complexity index is 876. The summed E-state index contributed by atoms with van der Waals surface area (Å²) in [4.78, 5) is 27.0. The summed E-state index contributed by atoms with van der Waals surface area (Å²) >= 11 is 0. The van der Waals surface area contributed by atoms with Crippen LogP contribution in [0.4, 0.5) is 5.69 Å². The first-order chi connectivity index (χ1) is 12.1. The minimum atomic E-state index is -1.08. The van der Waals surface area contributed by atoms with Gasteiger partial charge in [0.1, 0.15) is 5.75 Å². The molecule has 0 fully saturated rings. The summed E-state index contributed by atoms with van der Waals surface area (Å²) in [7, 11) is 0. The Labute approximate surface area is 142 Å². The third-order valence-corrected chi connectivity index (χ3v) is 3.20. The largest absolute Gasteiger partial charge is 0.482 e. The summed E-state index contributed by atoms with van der Waals surface area (Å²) in [6.07, 6.45) is 4.94. The van der Waals surface area contributed by atoms with E-state index in [0.29, 0.717) is 22.8 Å². The molecule has 0 aliphatic carbocycles. The predicted octanol–water partition coefficient (Wildman–Crippen LogP) is 1.98. The molecule has 0 saturated heterocycles. The number of rotatable bonds is 6. The van der Waals surface area contributed by atoms with Crippen LogP contribution in [0, 0.1) is 0 Å². The summed E-state index contributed by atoms with van der Waals surface area (Å²) < 4.78 is 6.67. The first-order valence-electron chi connectivity index (χ1n) is 7.34. The van der Waals surface area contributed by atoms with Crippen molar-refractivity contribution in [3.63, 3.8) is 0 Å². The van der Waals surface area contributed by atoms with Gasteiger partial charge in [-0.1, -0.05) is 6.07 Å². The Morgan fingerprint density at radius 2 is 2.08 bits per heavy atom. The molecule has 3 aromatic rings. The summed E-state index contributed by atoms with van der Waals surface area (Å²) in [5.41, 5.74) is 0.872. The standard InChI is InChI=1S/C17H14N4O4/c22-16(23)11-25-14-4-1-3-12(9-14)17(24)20-13-5-6-15(18-10-13)21-8-2-7-19-21/h1-10H,11H2,(H,20,24)(H,22,23). The van der Waals surface area contributed by atoms with Gasteiger partial charge in [-0.3, -0.25) is 4.79 Å². The van der Waals surface area contributed by atoms with Gasteiger partial charge in [-0.2, -0.15) is 5.10 Å². The maximum absolute atomic E-state index is 12.3. The minimum Gasteiger partial charge on any atom is -0.482 e. The van der Waals surface area contributed by atoms with E-state index in [1.165, 1.54) is 12.3 Å². The predicted molar refractivity (Wildman–Crippen MR) is 88.9 cm³/mol. The highest BCUT2D eigenvalue weighted by Crippen LogP contribution is 2.16. The molecule has 1 amide bonds. The van der Waals surface area contributed by atoms with Crippen LogP contribution in [0.2, 0.25) is 0 Å². The lowest BCUT2D eigenvalue weighted by Gasteiger charge is -2.08. The van der Waals surface area contributed by atoms with Gasteiger partial charge in [-0.25, -0.2) is 14.5 Å². The average molecular weight is 338 g/mol. The van der Waals surface area contributed by atoms with E-state index in [9.17, 15) is 9.59 Å². The Kier molecular flexibility index (Phi) is 4.70. The number of carboxylic acid groups (broad SMARTS) is 1. The van der Waals surface area contributed by atoms with Crippen molar-refractivity contribution in [2.75, 3.05) is 11.9 Å². The van der Waals surface area contributed by atoms with Crippen LogP contribution in [0.15, 0.2) is 61.1 Å². The number of benzene rings is 1. The van der Waals surface area contributed by atoms with Gasteiger partial charge in [0, 0.05) is 18.0 Å². The number of anilines is 1. The zero-order chi connectivity index (χ0) is 17.6. The molecule has 0 spiro atoms. The van der Waals surface area contributed by atoms with E-state index in [-0.39, 0.29) is 5.91 Å². The number of ether oxygens (including phenoxy) is 1. The summed E-state index contributed by atoms with van der Waals surface area (Å²) in [5, 5.41) is 15.4. The van der Waals surface area contributed by atoms with E-state index < -0.39 is 12.6 Å². The van der Waals surface area contributed by atoms with E-state index in [2.05, 4.69) is 15.4 Å². The number of amides is 1. The topological polar surface area (TPSA) is 106 Å². The molecule has 0 aliphatic rings. The minimum absolute atomic E-state index is 0.308. The molecule has 0 unspecified atom stereocenters. The molecule has 3 rings (SSSR count). The molecular weight excluding hydrogens is 324 g/mol. The van der Waals surface area contributed by atoms with E-state index >= 15 is 0 Å². The zero-order valence-electron chi connectivity index (χ0n) is 13.0. The smallest absolute Gasteiger partial charge is 0.341 e. The van der Waals surface area contributed by atoms with E-state index in [4.69, 9.17) is 9.84 Å². The molecule has 8 nitrogen and oxygen atoms in total. The number of carbonyl (C=O) groups excluding carboxylic acids is 1. The lowest BCUT2D eigenvalue weighted by molar-refractivity contribution is -0.139. The van der Waals surface area contributed by atoms with Crippen molar-refractivity contribution in [1.82, 2.24) is 14.8 Å². The van der Waals surface area contributed by atoms with Crippen LogP contribution in [0.5, 0.6) is 5.75 Å². The molecule has 126 valence electrons. The number of aliphatic carboxylic acids is 1. The number of nitrogens with zero attached hydrogens (tertiary/aromatic N) is 3. The van der Waals surface area contributed by atoms with Crippen molar-refractivity contribution in [1.29, 1.82) is 0 Å². The number of hydrogen-bond donors (Lipinski definition) is 2. The van der Waals surface area contributed by atoms with Crippen LogP contribution >= 0.6 is 0 Å². The van der Waals surface area contributed by atoms with Crippen LogP contribution in [0.25, 0.3) is 5.82 Å². The van der Waals surface area contributed by atoms with Gasteiger partial charge in [0.25, 0.3) is 5.91 Å². The van der Waals surface area contributed by atoms with Gasteiger partial charge in [0.05, 0.1) is 11.9 Å². The average Bonchev–Trinajstić information content (AvgIpc) is 3.15. The maximum Gasteiger partial charge on any atom is 0.341 e. The zero-order valence-corrected chi connectivity index (χ0v) is 13.0. The number of carboxylic acids is 1. The number of pyridine rings is 1. The van der Waals surface area contributed by atoms with Gasteiger partial charge in [0.2, 0.25) is 0 Å². The van der Waals surface area contributed by atoms with Gasteiger partial charge in [-0.05, 0) is 36.4 Å². The van der Waals surface area contributed by atoms with Crippen molar-refractivity contribution in [2.24, 2.45) is 0 Å². The highest BCUT2D eigenvalue weighted by molar-refractivity contribution is 6.04. The highest BCUT2D eigenvalue weighted by Gasteiger charge is 2.09. The normalized spacial score (nSPS) is 10.2. The van der Waals surface area contributed by atoms with Gasteiger partial charge in [0.15, 0.2) is 12.4 Å². The second-order valence-electron chi connectivity index (χ2n) is 5.02. The third kappa shape index (κ3) is 4.20. The first kappa shape index (κ1) is 16.2. The summed E-state index contributed by atoms with van der Waals surface area (Å²) in [6, 6.07) is 11.5.